The number of likely N-dealkylation sites (tertiary alicyclic amines) is 1. The average molecular weight is 806 g/mol. The third kappa shape index (κ3) is 7.63. The fourth-order valence-corrected chi connectivity index (χ4v) is 8.86. The maximum Gasteiger partial charge on any atom is 0.243 e. The number of carbonyl (C=O) groups excluding carboxylic acids is 2. The Morgan fingerprint density at radius 3 is 2.47 bits per heavy atom. The number of nitrogens with one attached hydrogen (secondary N) is 1. The van der Waals surface area contributed by atoms with E-state index in [1.807, 2.05) is 62.7 Å². The number of aromatic nitrogens is 6. The molecule has 2 unspecified atom stereocenters. The van der Waals surface area contributed by atoms with Gasteiger partial charge in [0.1, 0.15) is 29.2 Å². The molecule has 14 heteroatoms. The first kappa shape index (κ1) is 38.0. The predicted octanol–water partition coefficient (Wildman–Crippen LogP) is 7.53. The second kappa shape index (κ2) is 16.0. The number of rotatable bonds is 11. The number of fused-ring (bicyclic) bond motifs is 1. The summed E-state index contributed by atoms with van der Waals surface area (Å²) in [5.41, 5.74) is 9.41. The van der Waals surface area contributed by atoms with Gasteiger partial charge in [0.05, 0.1) is 27.3 Å². The Hall–Kier alpha value is -6.54. The van der Waals surface area contributed by atoms with Crippen LogP contribution in [0, 0.1) is 12.8 Å². The van der Waals surface area contributed by atoms with Gasteiger partial charge in [-0.3, -0.25) is 9.59 Å². The standard InChI is InChI=1S/C45H43N9O4S/c1-26(2)41(44(57)54-16-6-8-38(54)43(56)46-20-28-10-12-29(13-11-28)42-27(3)49-25-59-42)40-19-36(52-58-40)32-21-47-45(48-22-32)53-23-33(24-53)30-14-15-31-18-37(51-50-35(31)17-30)34-7-4-5-9-39(34)55/h4-5,7,9-15,17-19,21-22,25-26,33,38,41,55H,6,8,16,20,23-24H2,1-3H3,(H,46,56). The normalized spacial score (nSPS) is 16.1. The number of carbonyl (C=O) groups is 2. The zero-order valence-corrected chi connectivity index (χ0v) is 33.8. The van der Waals surface area contributed by atoms with Gasteiger partial charge in [-0.05, 0) is 66.6 Å². The number of phenols is 1. The minimum Gasteiger partial charge on any atom is -0.507 e. The Balaban J connectivity index is 0.810. The van der Waals surface area contributed by atoms with Gasteiger partial charge in [0.25, 0.3) is 0 Å². The van der Waals surface area contributed by atoms with Crippen molar-refractivity contribution < 1.29 is 19.2 Å². The van der Waals surface area contributed by atoms with Gasteiger partial charge in [-0.25, -0.2) is 15.0 Å². The smallest absolute Gasteiger partial charge is 0.243 e. The molecule has 0 radical (unpaired) electrons. The van der Waals surface area contributed by atoms with Gasteiger partial charge in [0.2, 0.25) is 17.8 Å². The zero-order valence-electron chi connectivity index (χ0n) is 32.9. The fraction of sp³-hybridized carbons (Fsp3) is 0.289. The number of nitrogens with zero attached hydrogens (tertiary/aromatic N) is 8. The molecule has 2 amide bonds. The lowest BCUT2D eigenvalue weighted by molar-refractivity contribution is -0.140. The maximum absolute atomic E-state index is 14.1. The highest BCUT2D eigenvalue weighted by Crippen LogP contribution is 2.35. The van der Waals surface area contributed by atoms with Crippen LogP contribution in [0.2, 0.25) is 0 Å². The van der Waals surface area contributed by atoms with E-state index in [2.05, 4.69) is 64.8 Å². The van der Waals surface area contributed by atoms with Gasteiger partial charge in [-0.15, -0.1) is 21.5 Å². The third-order valence-electron chi connectivity index (χ3n) is 11.4. The molecule has 0 saturated carbocycles. The van der Waals surface area contributed by atoms with Crippen LogP contribution in [0.4, 0.5) is 5.95 Å². The summed E-state index contributed by atoms with van der Waals surface area (Å²) in [6.07, 6.45) is 4.81. The number of amides is 2. The molecule has 2 fully saturated rings. The number of hydrogen-bond acceptors (Lipinski definition) is 12. The largest absolute Gasteiger partial charge is 0.507 e. The first-order valence-electron chi connectivity index (χ1n) is 19.9. The molecule has 3 aromatic carbocycles. The van der Waals surface area contributed by atoms with Crippen molar-refractivity contribution in [3.05, 3.63) is 119 Å². The SMILES string of the molecule is Cc1ncsc1-c1ccc(CNC(=O)C2CCCN2C(=O)C(c2cc(-c3cnc(N4CC(c5ccc6cc(-c7ccccc7O)nnc6c5)C4)nc3)no2)C(C)C)cc1. The number of anilines is 1. The highest BCUT2D eigenvalue weighted by Gasteiger charge is 2.40. The molecule has 0 spiro atoms. The zero-order chi connectivity index (χ0) is 40.6. The Bertz CT molecular complexity index is 2640. The van der Waals surface area contributed by atoms with Crippen molar-refractivity contribution in [3.63, 3.8) is 0 Å². The van der Waals surface area contributed by atoms with Crippen LogP contribution < -0.4 is 10.2 Å². The van der Waals surface area contributed by atoms with E-state index in [1.165, 1.54) is 5.56 Å². The fourth-order valence-electron chi connectivity index (χ4n) is 8.05. The Kier molecular flexibility index (Phi) is 10.3. The van der Waals surface area contributed by atoms with Gasteiger partial charge in [0.15, 0.2) is 0 Å². The van der Waals surface area contributed by atoms with E-state index < -0.39 is 12.0 Å². The van der Waals surface area contributed by atoms with Crippen LogP contribution in [0.25, 0.3) is 43.9 Å². The predicted molar refractivity (Wildman–Crippen MR) is 226 cm³/mol. The van der Waals surface area contributed by atoms with Crippen LogP contribution in [0.1, 0.15) is 61.1 Å². The summed E-state index contributed by atoms with van der Waals surface area (Å²) in [5.74, 6) is 0.546. The highest BCUT2D eigenvalue weighted by atomic mass is 32.1. The number of aryl methyl sites for hydroxylation is 1. The van der Waals surface area contributed by atoms with E-state index in [0.29, 0.717) is 59.7 Å². The summed E-state index contributed by atoms with van der Waals surface area (Å²) in [7, 11) is 0. The lowest BCUT2D eigenvalue weighted by Gasteiger charge is -2.39. The summed E-state index contributed by atoms with van der Waals surface area (Å²) in [6.45, 7) is 8.36. The van der Waals surface area contributed by atoms with E-state index in [1.54, 1.807) is 46.8 Å². The first-order chi connectivity index (χ1) is 28.7. The topological polar surface area (TPSA) is 163 Å². The molecule has 2 N–H and O–H groups in total. The van der Waals surface area contributed by atoms with Gasteiger partial charge in [-0.2, -0.15) is 0 Å². The van der Waals surface area contributed by atoms with Crippen molar-refractivity contribution >= 4 is 40.0 Å². The second-order valence-electron chi connectivity index (χ2n) is 15.6. The van der Waals surface area contributed by atoms with Gasteiger partial charge in [-0.1, -0.05) is 67.5 Å². The quantitative estimate of drug-likeness (QED) is 0.133. The average Bonchev–Trinajstić information content (AvgIpc) is 4.02. The Morgan fingerprint density at radius 1 is 0.932 bits per heavy atom. The Labute approximate surface area is 345 Å². The summed E-state index contributed by atoms with van der Waals surface area (Å²) in [4.78, 5) is 46.2. The molecule has 59 heavy (non-hydrogen) atoms. The molecule has 2 saturated heterocycles. The molecule has 2 aliphatic heterocycles. The maximum atomic E-state index is 14.1. The number of phenolic OH excluding ortho intramolecular Hbond substituents is 1. The van der Waals surface area contributed by atoms with E-state index in [0.717, 1.165) is 52.1 Å². The summed E-state index contributed by atoms with van der Waals surface area (Å²) in [6, 6.07) is 24.7. The highest BCUT2D eigenvalue weighted by molar-refractivity contribution is 7.13. The number of benzene rings is 3. The molecule has 6 heterocycles. The van der Waals surface area contributed by atoms with Crippen LogP contribution in [-0.2, 0) is 16.1 Å². The Morgan fingerprint density at radius 2 is 1.73 bits per heavy atom. The van der Waals surface area contributed by atoms with Crippen molar-refractivity contribution in [2.45, 2.75) is 58.0 Å². The van der Waals surface area contributed by atoms with Crippen molar-refractivity contribution in [2.24, 2.45) is 5.92 Å². The molecule has 4 aromatic heterocycles. The van der Waals surface area contributed by atoms with Crippen LogP contribution in [0.15, 0.2) is 101 Å². The van der Waals surface area contributed by atoms with Crippen molar-refractivity contribution in [1.82, 2.24) is 40.5 Å². The minimum absolute atomic E-state index is 0.0952. The second-order valence-corrected chi connectivity index (χ2v) is 16.5. The van der Waals surface area contributed by atoms with Gasteiger partial charge < -0.3 is 24.7 Å². The van der Waals surface area contributed by atoms with Crippen molar-refractivity contribution in [2.75, 3.05) is 24.5 Å². The van der Waals surface area contributed by atoms with E-state index in [9.17, 15) is 14.7 Å². The number of hydrogen-bond donors (Lipinski definition) is 2. The molecule has 9 rings (SSSR count). The molecule has 2 atom stereocenters. The van der Waals surface area contributed by atoms with Crippen LogP contribution in [0.3, 0.4) is 0 Å². The van der Waals surface area contributed by atoms with Crippen molar-refractivity contribution in [1.29, 1.82) is 0 Å². The summed E-state index contributed by atoms with van der Waals surface area (Å²) < 4.78 is 5.82. The third-order valence-corrected chi connectivity index (χ3v) is 12.4. The van der Waals surface area contributed by atoms with Crippen LogP contribution in [-0.4, -0.2) is 77.8 Å². The summed E-state index contributed by atoms with van der Waals surface area (Å²) >= 11 is 1.61. The first-order valence-corrected chi connectivity index (χ1v) is 20.8. The van der Waals surface area contributed by atoms with E-state index in [4.69, 9.17) is 4.52 Å². The molecular weight excluding hydrogens is 763 g/mol. The van der Waals surface area contributed by atoms with E-state index >= 15 is 0 Å². The molecule has 0 bridgehead atoms. The van der Waals surface area contributed by atoms with Gasteiger partial charge >= 0.3 is 0 Å². The molecule has 7 aromatic rings. The minimum atomic E-state index is -0.606. The molecule has 2 aliphatic rings. The monoisotopic (exact) mass is 805 g/mol. The van der Waals surface area contributed by atoms with Crippen LogP contribution >= 0.6 is 11.3 Å². The molecular formula is C45H43N9O4S. The van der Waals surface area contributed by atoms with Gasteiger partial charge in [0, 0.05) is 67.1 Å². The molecule has 298 valence electrons. The number of para-hydroxylation sites is 1. The lowest BCUT2D eigenvalue weighted by atomic mass is 9.91. The molecule has 13 nitrogen and oxygen atoms in total. The van der Waals surface area contributed by atoms with E-state index in [-0.39, 0.29) is 23.5 Å². The summed E-state index contributed by atoms with van der Waals surface area (Å²) in [5, 5.41) is 27.4. The number of aromatic hydroxyl groups is 1. The number of thiazole rings is 1. The van der Waals surface area contributed by atoms with Crippen molar-refractivity contribution in [3.8, 4) is 38.7 Å². The lowest BCUT2D eigenvalue weighted by Crippen LogP contribution is -2.47. The van der Waals surface area contributed by atoms with Crippen LogP contribution in [0.5, 0.6) is 5.75 Å². The molecule has 0 aliphatic carbocycles.